The van der Waals surface area contributed by atoms with Crippen LogP contribution in [0.2, 0.25) is 0 Å². The molecule has 0 atom stereocenters. The highest BCUT2D eigenvalue weighted by atomic mass is 16.5. The monoisotopic (exact) mass is 316 g/mol. The molecule has 0 aliphatic heterocycles. The Bertz CT molecular complexity index is 607. The van der Waals surface area contributed by atoms with E-state index < -0.39 is 0 Å². The van der Waals surface area contributed by atoms with E-state index in [1.165, 1.54) is 0 Å². The lowest BCUT2D eigenvalue weighted by atomic mass is 10.2. The summed E-state index contributed by atoms with van der Waals surface area (Å²) < 4.78 is 10.5. The summed E-state index contributed by atoms with van der Waals surface area (Å²) in [6.45, 7) is 1.39. The molecule has 0 fully saturated rings. The van der Waals surface area contributed by atoms with Crippen LogP contribution in [0, 0.1) is 0 Å². The van der Waals surface area contributed by atoms with Crippen molar-refractivity contribution in [2.75, 3.05) is 32.1 Å². The zero-order valence-electron chi connectivity index (χ0n) is 13.0. The molecule has 0 bridgehead atoms. The van der Waals surface area contributed by atoms with Gasteiger partial charge < -0.3 is 20.1 Å². The maximum Gasteiger partial charge on any atom is 0.246 e. The summed E-state index contributed by atoms with van der Waals surface area (Å²) in [5.41, 5.74) is 0.958. The van der Waals surface area contributed by atoms with Crippen LogP contribution in [0.3, 0.4) is 0 Å². The standard InChI is InChI=1S/C16H20N4O3/c1-22-14-5-2-4-13(10-14)11-23-12-15(21)17-8-9-20-16-18-6-3-7-19-16/h2-7,10H,8-9,11-12H2,1H3,(H,17,21)(H,18,19,20). The molecule has 23 heavy (non-hydrogen) atoms. The number of benzene rings is 1. The molecular weight excluding hydrogens is 296 g/mol. The zero-order chi connectivity index (χ0) is 16.3. The van der Waals surface area contributed by atoms with Gasteiger partial charge in [-0.05, 0) is 23.8 Å². The van der Waals surface area contributed by atoms with Crippen LogP contribution >= 0.6 is 0 Å². The van der Waals surface area contributed by atoms with Crippen LogP contribution in [0.25, 0.3) is 0 Å². The SMILES string of the molecule is COc1cccc(COCC(=O)NCCNc2ncccn2)c1. The first kappa shape index (κ1) is 16.7. The fraction of sp³-hybridized carbons (Fsp3) is 0.312. The van der Waals surface area contributed by atoms with E-state index in [1.54, 1.807) is 25.6 Å². The number of amides is 1. The molecule has 0 unspecified atom stereocenters. The Morgan fingerprint density at radius 1 is 1.17 bits per heavy atom. The fourth-order valence-corrected chi connectivity index (χ4v) is 1.84. The highest BCUT2D eigenvalue weighted by molar-refractivity contribution is 5.77. The molecule has 0 aliphatic carbocycles. The highest BCUT2D eigenvalue weighted by Gasteiger charge is 2.02. The molecule has 1 heterocycles. The van der Waals surface area contributed by atoms with Crippen molar-refractivity contribution < 1.29 is 14.3 Å². The number of nitrogens with zero attached hydrogens (tertiary/aromatic N) is 2. The first-order valence-electron chi connectivity index (χ1n) is 7.26. The molecule has 7 nitrogen and oxygen atoms in total. The summed E-state index contributed by atoms with van der Waals surface area (Å²) in [4.78, 5) is 19.7. The number of hydrogen-bond acceptors (Lipinski definition) is 6. The van der Waals surface area contributed by atoms with E-state index in [-0.39, 0.29) is 12.5 Å². The van der Waals surface area contributed by atoms with Crippen molar-refractivity contribution in [1.82, 2.24) is 15.3 Å². The molecular formula is C16H20N4O3. The van der Waals surface area contributed by atoms with Crippen molar-refractivity contribution in [1.29, 1.82) is 0 Å². The third kappa shape index (κ3) is 6.31. The fourth-order valence-electron chi connectivity index (χ4n) is 1.84. The molecule has 1 aromatic carbocycles. The van der Waals surface area contributed by atoms with Gasteiger partial charge in [0.25, 0.3) is 0 Å². The molecule has 0 radical (unpaired) electrons. The Hall–Kier alpha value is -2.67. The van der Waals surface area contributed by atoms with E-state index in [0.29, 0.717) is 25.6 Å². The van der Waals surface area contributed by atoms with Crippen LogP contribution in [-0.2, 0) is 16.1 Å². The number of ether oxygens (including phenoxy) is 2. The lowest BCUT2D eigenvalue weighted by Gasteiger charge is -2.08. The second kappa shape index (κ2) is 9.37. The Kier molecular flexibility index (Phi) is 6.80. The number of nitrogens with one attached hydrogen (secondary N) is 2. The summed E-state index contributed by atoms with van der Waals surface area (Å²) in [6, 6.07) is 9.28. The normalized spacial score (nSPS) is 10.1. The van der Waals surface area contributed by atoms with Gasteiger partial charge in [0.15, 0.2) is 0 Å². The van der Waals surface area contributed by atoms with Crippen LogP contribution in [-0.4, -0.2) is 42.7 Å². The van der Waals surface area contributed by atoms with Crippen LogP contribution < -0.4 is 15.4 Å². The molecule has 1 amide bonds. The Morgan fingerprint density at radius 2 is 2.00 bits per heavy atom. The number of carbonyl (C=O) groups excluding carboxylic acids is 1. The third-order valence-electron chi connectivity index (χ3n) is 2.93. The average molecular weight is 316 g/mol. The average Bonchev–Trinajstić information content (AvgIpc) is 2.60. The number of methoxy groups -OCH3 is 1. The largest absolute Gasteiger partial charge is 0.497 e. The minimum atomic E-state index is -0.163. The molecule has 0 spiro atoms. The topological polar surface area (TPSA) is 85.4 Å². The third-order valence-corrected chi connectivity index (χ3v) is 2.93. The van der Waals surface area contributed by atoms with Crippen molar-refractivity contribution in [2.24, 2.45) is 0 Å². The lowest BCUT2D eigenvalue weighted by Crippen LogP contribution is -2.31. The van der Waals surface area contributed by atoms with E-state index in [9.17, 15) is 4.79 Å². The van der Waals surface area contributed by atoms with Crippen molar-refractivity contribution in [3.8, 4) is 5.75 Å². The molecule has 122 valence electrons. The number of carbonyl (C=O) groups is 1. The first-order valence-corrected chi connectivity index (χ1v) is 7.26. The van der Waals surface area contributed by atoms with E-state index in [1.807, 2.05) is 24.3 Å². The molecule has 2 aromatic rings. The molecule has 7 heteroatoms. The first-order chi connectivity index (χ1) is 11.3. The number of aromatic nitrogens is 2. The summed E-state index contributed by atoms with van der Waals surface area (Å²) in [5, 5.41) is 5.76. The van der Waals surface area contributed by atoms with Crippen LogP contribution in [0.5, 0.6) is 5.75 Å². The minimum absolute atomic E-state index is 0.0129. The van der Waals surface area contributed by atoms with Crippen molar-refractivity contribution in [3.05, 3.63) is 48.3 Å². The van der Waals surface area contributed by atoms with Gasteiger partial charge in [0.2, 0.25) is 11.9 Å². The molecule has 2 N–H and O–H groups in total. The summed E-state index contributed by atoms with van der Waals surface area (Å²) >= 11 is 0. The van der Waals surface area contributed by atoms with Gasteiger partial charge in [-0.25, -0.2) is 9.97 Å². The molecule has 0 saturated heterocycles. The van der Waals surface area contributed by atoms with E-state index in [2.05, 4.69) is 20.6 Å². The van der Waals surface area contributed by atoms with Gasteiger partial charge in [0, 0.05) is 25.5 Å². The minimum Gasteiger partial charge on any atom is -0.497 e. The summed E-state index contributed by atoms with van der Waals surface area (Å²) in [6.07, 6.45) is 3.31. The van der Waals surface area contributed by atoms with Gasteiger partial charge in [-0.3, -0.25) is 4.79 Å². The van der Waals surface area contributed by atoms with Gasteiger partial charge in [-0.15, -0.1) is 0 Å². The highest BCUT2D eigenvalue weighted by Crippen LogP contribution is 2.12. The van der Waals surface area contributed by atoms with Gasteiger partial charge >= 0.3 is 0 Å². The van der Waals surface area contributed by atoms with Crippen LogP contribution in [0.4, 0.5) is 5.95 Å². The van der Waals surface area contributed by atoms with Crippen molar-refractivity contribution in [2.45, 2.75) is 6.61 Å². The molecule has 1 aromatic heterocycles. The maximum atomic E-state index is 11.6. The quantitative estimate of drug-likeness (QED) is 0.677. The van der Waals surface area contributed by atoms with Crippen LogP contribution in [0.1, 0.15) is 5.56 Å². The number of rotatable bonds is 9. The van der Waals surface area contributed by atoms with E-state index >= 15 is 0 Å². The molecule has 0 aliphatic rings. The Labute approximate surface area is 135 Å². The smallest absolute Gasteiger partial charge is 0.246 e. The van der Waals surface area contributed by atoms with Gasteiger partial charge in [0.1, 0.15) is 12.4 Å². The second-order valence-electron chi connectivity index (χ2n) is 4.69. The van der Waals surface area contributed by atoms with Gasteiger partial charge in [-0.1, -0.05) is 12.1 Å². The van der Waals surface area contributed by atoms with Gasteiger partial charge in [0.05, 0.1) is 13.7 Å². The van der Waals surface area contributed by atoms with E-state index in [0.717, 1.165) is 11.3 Å². The van der Waals surface area contributed by atoms with E-state index in [4.69, 9.17) is 9.47 Å². The predicted molar refractivity (Wildman–Crippen MR) is 86.2 cm³/mol. The summed E-state index contributed by atoms with van der Waals surface area (Å²) in [7, 11) is 1.61. The number of anilines is 1. The molecule has 2 rings (SSSR count). The van der Waals surface area contributed by atoms with Crippen molar-refractivity contribution >= 4 is 11.9 Å². The zero-order valence-corrected chi connectivity index (χ0v) is 13.0. The van der Waals surface area contributed by atoms with Gasteiger partial charge in [-0.2, -0.15) is 0 Å². The Morgan fingerprint density at radius 3 is 2.78 bits per heavy atom. The second-order valence-corrected chi connectivity index (χ2v) is 4.69. The maximum absolute atomic E-state index is 11.6. The number of hydrogen-bond donors (Lipinski definition) is 2. The Balaban J connectivity index is 1.58. The molecule has 0 saturated carbocycles. The predicted octanol–water partition coefficient (Wildman–Crippen LogP) is 1.23. The van der Waals surface area contributed by atoms with Crippen molar-refractivity contribution in [3.63, 3.8) is 0 Å². The van der Waals surface area contributed by atoms with Crippen LogP contribution in [0.15, 0.2) is 42.7 Å². The summed E-state index contributed by atoms with van der Waals surface area (Å²) in [5.74, 6) is 1.14. The lowest BCUT2D eigenvalue weighted by molar-refractivity contribution is -0.126.